The molecule has 3 aromatic rings. The van der Waals surface area contributed by atoms with Crippen molar-refractivity contribution >= 4 is 29.0 Å². The normalized spacial score (nSPS) is 15.2. The van der Waals surface area contributed by atoms with E-state index in [0.29, 0.717) is 5.16 Å². The Labute approximate surface area is 210 Å². The summed E-state index contributed by atoms with van der Waals surface area (Å²) in [4.78, 5) is 17.1. The first-order valence-electron chi connectivity index (χ1n) is 12.1. The van der Waals surface area contributed by atoms with E-state index in [-0.39, 0.29) is 23.5 Å². The van der Waals surface area contributed by atoms with Crippen LogP contribution >= 0.6 is 11.8 Å². The van der Waals surface area contributed by atoms with Gasteiger partial charge in [-0.25, -0.2) is 4.39 Å². The van der Waals surface area contributed by atoms with Crippen molar-refractivity contribution in [3.63, 3.8) is 0 Å². The minimum Gasteiger partial charge on any atom is -0.372 e. The van der Waals surface area contributed by atoms with E-state index in [1.807, 2.05) is 42.6 Å². The van der Waals surface area contributed by atoms with Crippen molar-refractivity contribution in [1.82, 2.24) is 19.7 Å². The SMILES string of the molecule is CC(c1nnc(SCC(=O)Nc2ccc(N3CCCCCC3)cc2)n1-c1ccc(F)cc1)N(C)C. The first-order chi connectivity index (χ1) is 16.9. The molecule has 1 unspecified atom stereocenters. The van der Waals surface area contributed by atoms with Gasteiger partial charge in [-0.15, -0.1) is 10.2 Å². The molecule has 1 atom stereocenters. The summed E-state index contributed by atoms with van der Waals surface area (Å²) in [6.45, 7) is 4.21. The van der Waals surface area contributed by atoms with Crippen LogP contribution in [0, 0.1) is 5.82 Å². The number of amides is 1. The lowest BCUT2D eigenvalue weighted by Gasteiger charge is -2.22. The second-order valence-corrected chi connectivity index (χ2v) is 10.0. The van der Waals surface area contributed by atoms with Crippen molar-refractivity contribution in [1.29, 1.82) is 0 Å². The first kappa shape index (κ1) is 25.2. The molecule has 7 nitrogen and oxygen atoms in total. The van der Waals surface area contributed by atoms with E-state index in [1.54, 1.807) is 12.1 Å². The largest absolute Gasteiger partial charge is 0.372 e. The van der Waals surface area contributed by atoms with E-state index in [1.165, 1.54) is 55.3 Å². The molecule has 4 rings (SSSR count). The number of carbonyl (C=O) groups is 1. The molecule has 0 bridgehead atoms. The number of nitrogens with zero attached hydrogens (tertiary/aromatic N) is 5. The average Bonchev–Trinajstić information content (AvgIpc) is 3.08. The number of benzene rings is 2. The Hall–Kier alpha value is -2.91. The van der Waals surface area contributed by atoms with Crippen molar-refractivity contribution in [3.05, 3.63) is 60.2 Å². The van der Waals surface area contributed by atoms with Crippen LogP contribution in [0.5, 0.6) is 0 Å². The number of hydrogen-bond donors (Lipinski definition) is 1. The predicted octanol–water partition coefficient (Wildman–Crippen LogP) is 5.14. The van der Waals surface area contributed by atoms with Gasteiger partial charge in [0.25, 0.3) is 0 Å². The van der Waals surface area contributed by atoms with Crippen LogP contribution in [-0.4, -0.2) is 58.5 Å². The van der Waals surface area contributed by atoms with Crippen molar-refractivity contribution in [2.75, 3.05) is 43.2 Å². The molecule has 2 aromatic carbocycles. The monoisotopic (exact) mass is 496 g/mol. The third-order valence-electron chi connectivity index (χ3n) is 6.35. The minimum absolute atomic E-state index is 0.0153. The molecule has 0 radical (unpaired) electrons. The van der Waals surface area contributed by atoms with Gasteiger partial charge in [0.1, 0.15) is 5.82 Å². The van der Waals surface area contributed by atoms with Crippen LogP contribution in [0.15, 0.2) is 53.7 Å². The zero-order valence-electron chi connectivity index (χ0n) is 20.6. The maximum atomic E-state index is 13.5. The Kier molecular flexibility index (Phi) is 8.41. The number of halogens is 1. The second kappa shape index (κ2) is 11.7. The maximum Gasteiger partial charge on any atom is 0.234 e. The van der Waals surface area contributed by atoms with Crippen molar-refractivity contribution in [2.45, 2.75) is 43.8 Å². The molecule has 0 spiro atoms. The standard InChI is InChI=1S/C26H33FN6OS/c1-19(31(2)3)25-29-30-26(33(25)23-12-8-20(27)9-13-23)35-18-24(34)28-21-10-14-22(15-11-21)32-16-6-4-5-7-17-32/h8-15,19H,4-7,16-18H2,1-3H3,(H,28,34). The van der Waals surface area contributed by atoms with E-state index in [4.69, 9.17) is 0 Å². The van der Waals surface area contributed by atoms with Crippen LogP contribution in [0.2, 0.25) is 0 Å². The Morgan fingerprint density at radius 3 is 2.26 bits per heavy atom. The number of rotatable bonds is 8. The predicted molar refractivity (Wildman–Crippen MR) is 140 cm³/mol. The van der Waals surface area contributed by atoms with Gasteiger partial charge in [-0.1, -0.05) is 24.6 Å². The zero-order chi connectivity index (χ0) is 24.8. The van der Waals surface area contributed by atoms with E-state index in [2.05, 4.69) is 32.5 Å². The highest BCUT2D eigenvalue weighted by atomic mass is 32.2. The molecule has 9 heteroatoms. The van der Waals surface area contributed by atoms with Gasteiger partial charge in [0.05, 0.1) is 11.8 Å². The summed E-state index contributed by atoms with van der Waals surface area (Å²) in [6, 6.07) is 14.3. The van der Waals surface area contributed by atoms with Crippen LogP contribution < -0.4 is 10.2 Å². The Bertz CT molecular complexity index is 1110. The van der Waals surface area contributed by atoms with E-state index in [0.717, 1.165) is 30.3 Å². The van der Waals surface area contributed by atoms with Gasteiger partial charge in [-0.3, -0.25) is 14.3 Å². The molecule has 2 heterocycles. The highest BCUT2D eigenvalue weighted by Gasteiger charge is 2.21. The highest BCUT2D eigenvalue weighted by molar-refractivity contribution is 7.99. The average molecular weight is 497 g/mol. The van der Waals surface area contributed by atoms with E-state index in [9.17, 15) is 9.18 Å². The van der Waals surface area contributed by atoms with Crippen LogP contribution in [0.4, 0.5) is 15.8 Å². The van der Waals surface area contributed by atoms with Crippen LogP contribution in [-0.2, 0) is 4.79 Å². The summed E-state index contributed by atoms with van der Waals surface area (Å²) in [5.41, 5.74) is 2.73. The number of nitrogens with one attached hydrogen (secondary N) is 1. The summed E-state index contributed by atoms with van der Waals surface area (Å²) in [5.74, 6) is 0.491. The molecule has 1 fully saturated rings. The highest BCUT2D eigenvalue weighted by Crippen LogP contribution is 2.27. The lowest BCUT2D eigenvalue weighted by molar-refractivity contribution is -0.113. The Balaban J connectivity index is 1.42. The second-order valence-electron chi connectivity index (χ2n) is 9.08. The van der Waals surface area contributed by atoms with Gasteiger partial charge in [0.2, 0.25) is 5.91 Å². The molecular formula is C26H33FN6OS. The van der Waals surface area contributed by atoms with Gasteiger partial charge < -0.3 is 10.2 Å². The Morgan fingerprint density at radius 2 is 1.63 bits per heavy atom. The van der Waals surface area contributed by atoms with Crippen molar-refractivity contribution in [2.24, 2.45) is 0 Å². The summed E-state index contributed by atoms with van der Waals surface area (Å²) in [7, 11) is 3.93. The smallest absolute Gasteiger partial charge is 0.234 e. The maximum absolute atomic E-state index is 13.5. The molecule has 0 aliphatic carbocycles. The van der Waals surface area contributed by atoms with E-state index >= 15 is 0 Å². The first-order valence-corrected chi connectivity index (χ1v) is 13.1. The molecule has 35 heavy (non-hydrogen) atoms. The summed E-state index contributed by atoms with van der Waals surface area (Å²) >= 11 is 1.31. The number of hydrogen-bond acceptors (Lipinski definition) is 6. The number of anilines is 2. The van der Waals surface area contributed by atoms with Gasteiger partial charge in [-0.05, 0) is 82.4 Å². The Morgan fingerprint density at radius 1 is 1.00 bits per heavy atom. The molecule has 186 valence electrons. The number of thioether (sulfide) groups is 1. The minimum atomic E-state index is -0.306. The third-order valence-corrected chi connectivity index (χ3v) is 7.28. The summed E-state index contributed by atoms with van der Waals surface area (Å²) in [5, 5.41) is 12.3. The molecule has 0 saturated carbocycles. The third kappa shape index (κ3) is 6.41. The topological polar surface area (TPSA) is 66.3 Å². The molecular weight excluding hydrogens is 463 g/mol. The molecule has 1 aromatic heterocycles. The van der Waals surface area contributed by atoms with Gasteiger partial charge in [-0.2, -0.15) is 0 Å². The van der Waals surface area contributed by atoms with E-state index < -0.39 is 0 Å². The lowest BCUT2D eigenvalue weighted by Crippen LogP contribution is -2.23. The quantitative estimate of drug-likeness (QED) is 0.436. The fourth-order valence-corrected chi connectivity index (χ4v) is 4.88. The van der Waals surface area contributed by atoms with Crippen LogP contribution in [0.3, 0.4) is 0 Å². The molecule has 1 saturated heterocycles. The van der Waals surface area contributed by atoms with Gasteiger partial charge >= 0.3 is 0 Å². The zero-order valence-corrected chi connectivity index (χ0v) is 21.4. The molecule has 1 amide bonds. The van der Waals surface area contributed by atoms with Gasteiger partial charge in [0.15, 0.2) is 11.0 Å². The van der Waals surface area contributed by atoms with Crippen LogP contribution in [0.25, 0.3) is 5.69 Å². The summed E-state index contributed by atoms with van der Waals surface area (Å²) in [6.07, 6.45) is 5.06. The van der Waals surface area contributed by atoms with Gasteiger partial charge in [0, 0.05) is 30.2 Å². The van der Waals surface area contributed by atoms with Crippen LogP contribution in [0.1, 0.15) is 44.5 Å². The van der Waals surface area contributed by atoms with Crippen molar-refractivity contribution < 1.29 is 9.18 Å². The fraction of sp³-hybridized carbons (Fsp3) is 0.423. The molecule has 1 aliphatic rings. The summed E-state index contributed by atoms with van der Waals surface area (Å²) < 4.78 is 15.4. The fourth-order valence-electron chi connectivity index (χ4n) is 4.12. The lowest BCUT2D eigenvalue weighted by atomic mass is 10.2. The number of carbonyl (C=O) groups excluding carboxylic acids is 1. The molecule has 1 aliphatic heterocycles. The number of aromatic nitrogens is 3. The van der Waals surface area contributed by atoms with Crippen molar-refractivity contribution in [3.8, 4) is 5.69 Å². The molecule has 1 N–H and O–H groups in total.